The van der Waals surface area contributed by atoms with E-state index in [0.717, 1.165) is 11.1 Å². The zero-order chi connectivity index (χ0) is 17.5. The summed E-state index contributed by atoms with van der Waals surface area (Å²) in [7, 11) is 0. The van der Waals surface area contributed by atoms with Crippen LogP contribution in [0.3, 0.4) is 0 Å². The smallest absolute Gasteiger partial charge is 0.306 e. The Balaban J connectivity index is 2.05. The molecule has 0 aromatic heterocycles. The zero-order valence-corrected chi connectivity index (χ0v) is 14.0. The summed E-state index contributed by atoms with van der Waals surface area (Å²) >= 11 is 0. The number of nitrogens with two attached hydrogens (primary N) is 1. The van der Waals surface area contributed by atoms with Crippen LogP contribution in [0.4, 0.5) is 11.4 Å². The predicted molar refractivity (Wildman–Crippen MR) is 94.9 cm³/mol. The molecule has 0 aliphatic carbocycles. The number of benzene rings is 2. The van der Waals surface area contributed by atoms with Gasteiger partial charge in [0.1, 0.15) is 0 Å². The fourth-order valence-corrected chi connectivity index (χ4v) is 2.35. The van der Waals surface area contributed by atoms with E-state index in [-0.39, 0.29) is 11.9 Å². The first-order chi connectivity index (χ1) is 11.5. The van der Waals surface area contributed by atoms with Crippen molar-refractivity contribution >= 4 is 23.3 Å². The molecular weight excluding hydrogens is 304 g/mol. The van der Waals surface area contributed by atoms with Gasteiger partial charge in [0, 0.05) is 17.8 Å². The SMILES string of the molecule is CCOC(=O)CCc1cccc(NC(=O)c2cc(C)ccc2N)c1. The van der Waals surface area contributed by atoms with Crippen molar-refractivity contribution in [3.05, 3.63) is 59.2 Å². The summed E-state index contributed by atoms with van der Waals surface area (Å²) in [6.07, 6.45) is 0.880. The van der Waals surface area contributed by atoms with E-state index in [0.29, 0.717) is 36.4 Å². The largest absolute Gasteiger partial charge is 0.466 e. The maximum absolute atomic E-state index is 12.4. The summed E-state index contributed by atoms with van der Waals surface area (Å²) in [5, 5.41) is 2.84. The summed E-state index contributed by atoms with van der Waals surface area (Å²) in [4.78, 5) is 23.8. The first kappa shape index (κ1) is 17.5. The number of nitrogens with one attached hydrogen (secondary N) is 1. The molecule has 0 heterocycles. The third kappa shape index (κ3) is 4.84. The Morgan fingerprint density at radius 1 is 1.17 bits per heavy atom. The lowest BCUT2D eigenvalue weighted by Gasteiger charge is -2.10. The number of aryl methyl sites for hydroxylation is 2. The minimum Gasteiger partial charge on any atom is -0.466 e. The summed E-state index contributed by atoms with van der Waals surface area (Å²) in [6, 6.07) is 12.8. The van der Waals surface area contributed by atoms with Crippen LogP contribution in [0.1, 0.15) is 34.8 Å². The van der Waals surface area contributed by atoms with Crippen molar-refractivity contribution in [2.24, 2.45) is 0 Å². The highest BCUT2D eigenvalue weighted by Crippen LogP contribution is 2.18. The van der Waals surface area contributed by atoms with Crippen molar-refractivity contribution in [3.8, 4) is 0 Å². The standard InChI is InChI=1S/C19H22N2O3/c1-3-24-18(22)10-8-14-5-4-6-15(12-14)21-19(23)16-11-13(2)7-9-17(16)20/h4-7,9,11-12H,3,8,10,20H2,1-2H3,(H,21,23). The normalized spacial score (nSPS) is 10.2. The zero-order valence-electron chi connectivity index (χ0n) is 14.0. The van der Waals surface area contributed by atoms with Gasteiger partial charge in [-0.05, 0) is 50.1 Å². The monoisotopic (exact) mass is 326 g/mol. The molecule has 0 atom stereocenters. The number of hydrogen-bond donors (Lipinski definition) is 2. The van der Waals surface area contributed by atoms with E-state index in [1.165, 1.54) is 0 Å². The Morgan fingerprint density at radius 2 is 1.96 bits per heavy atom. The van der Waals surface area contributed by atoms with E-state index >= 15 is 0 Å². The maximum atomic E-state index is 12.4. The molecule has 24 heavy (non-hydrogen) atoms. The van der Waals surface area contributed by atoms with Crippen molar-refractivity contribution in [1.29, 1.82) is 0 Å². The number of amides is 1. The Labute approximate surface area is 141 Å². The molecule has 0 saturated carbocycles. The van der Waals surface area contributed by atoms with Crippen LogP contribution in [-0.2, 0) is 16.0 Å². The van der Waals surface area contributed by atoms with Crippen LogP contribution in [0, 0.1) is 6.92 Å². The second-order valence-electron chi connectivity index (χ2n) is 5.55. The summed E-state index contributed by atoms with van der Waals surface area (Å²) in [5.41, 5.74) is 9.36. The van der Waals surface area contributed by atoms with E-state index in [9.17, 15) is 9.59 Å². The summed E-state index contributed by atoms with van der Waals surface area (Å²) in [5.74, 6) is -0.474. The van der Waals surface area contributed by atoms with Crippen LogP contribution < -0.4 is 11.1 Å². The van der Waals surface area contributed by atoms with Crippen molar-refractivity contribution in [1.82, 2.24) is 0 Å². The lowest BCUT2D eigenvalue weighted by molar-refractivity contribution is -0.143. The lowest BCUT2D eigenvalue weighted by atomic mass is 10.1. The third-order valence-corrected chi connectivity index (χ3v) is 3.56. The molecule has 5 nitrogen and oxygen atoms in total. The molecule has 0 aliphatic rings. The molecule has 2 aromatic carbocycles. The molecule has 126 valence electrons. The highest BCUT2D eigenvalue weighted by molar-refractivity contribution is 6.07. The second kappa shape index (κ2) is 8.15. The number of nitrogen functional groups attached to an aromatic ring is 1. The molecular formula is C19H22N2O3. The number of ether oxygens (including phenoxy) is 1. The fraction of sp³-hybridized carbons (Fsp3) is 0.263. The van der Waals surface area contributed by atoms with Gasteiger partial charge in [-0.1, -0.05) is 23.8 Å². The highest BCUT2D eigenvalue weighted by Gasteiger charge is 2.11. The van der Waals surface area contributed by atoms with Crippen LogP contribution in [0.2, 0.25) is 0 Å². The second-order valence-corrected chi connectivity index (χ2v) is 5.55. The minimum absolute atomic E-state index is 0.223. The van der Waals surface area contributed by atoms with Gasteiger partial charge in [0.15, 0.2) is 0 Å². The van der Waals surface area contributed by atoms with Crippen molar-refractivity contribution in [3.63, 3.8) is 0 Å². The van der Waals surface area contributed by atoms with Crippen LogP contribution in [0.25, 0.3) is 0 Å². The van der Waals surface area contributed by atoms with E-state index in [1.807, 2.05) is 31.2 Å². The van der Waals surface area contributed by atoms with E-state index < -0.39 is 0 Å². The molecule has 2 rings (SSSR count). The maximum Gasteiger partial charge on any atom is 0.306 e. The van der Waals surface area contributed by atoms with Gasteiger partial charge in [-0.3, -0.25) is 9.59 Å². The molecule has 2 aromatic rings. The number of hydrogen-bond acceptors (Lipinski definition) is 4. The van der Waals surface area contributed by atoms with Crippen LogP contribution in [-0.4, -0.2) is 18.5 Å². The van der Waals surface area contributed by atoms with Gasteiger partial charge in [-0.25, -0.2) is 0 Å². The van der Waals surface area contributed by atoms with Gasteiger partial charge in [0.25, 0.3) is 5.91 Å². The van der Waals surface area contributed by atoms with Crippen LogP contribution in [0.15, 0.2) is 42.5 Å². The van der Waals surface area contributed by atoms with Crippen molar-refractivity contribution in [2.45, 2.75) is 26.7 Å². The number of anilines is 2. The van der Waals surface area contributed by atoms with Gasteiger partial charge in [-0.2, -0.15) is 0 Å². The van der Waals surface area contributed by atoms with Crippen LogP contribution in [0.5, 0.6) is 0 Å². The lowest BCUT2D eigenvalue weighted by Crippen LogP contribution is -2.14. The van der Waals surface area contributed by atoms with Gasteiger partial charge < -0.3 is 15.8 Å². The predicted octanol–water partition coefficient (Wildman–Crippen LogP) is 3.33. The Morgan fingerprint density at radius 3 is 2.71 bits per heavy atom. The highest BCUT2D eigenvalue weighted by atomic mass is 16.5. The molecule has 5 heteroatoms. The van der Waals surface area contributed by atoms with Gasteiger partial charge >= 0.3 is 5.97 Å². The van der Waals surface area contributed by atoms with Crippen molar-refractivity contribution in [2.75, 3.05) is 17.7 Å². The quantitative estimate of drug-likeness (QED) is 0.630. The molecule has 0 bridgehead atoms. The number of carbonyl (C=O) groups is 2. The van der Waals surface area contributed by atoms with Gasteiger partial charge in [0.05, 0.1) is 12.2 Å². The van der Waals surface area contributed by atoms with Crippen LogP contribution >= 0.6 is 0 Å². The molecule has 0 radical (unpaired) electrons. The number of carbonyl (C=O) groups excluding carboxylic acids is 2. The number of rotatable bonds is 6. The fourth-order valence-electron chi connectivity index (χ4n) is 2.35. The molecule has 0 aliphatic heterocycles. The molecule has 0 fully saturated rings. The minimum atomic E-state index is -0.251. The Bertz CT molecular complexity index is 741. The molecule has 0 spiro atoms. The third-order valence-electron chi connectivity index (χ3n) is 3.56. The summed E-state index contributed by atoms with van der Waals surface area (Å²) < 4.78 is 4.92. The van der Waals surface area contributed by atoms with Gasteiger partial charge in [0.2, 0.25) is 0 Å². The Hall–Kier alpha value is -2.82. The average Bonchev–Trinajstić information content (AvgIpc) is 2.56. The molecule has 0 saturated heterocycles. The molecule has 0 unspecified atom stereocenters. The van der Waals surface area contributed by atoms with E-state index in [1.54, 1.807) is 25.1 Å². The summed E-state index contributed by atoms with van der Waals surface area (Å²) in [6.45, 7) is 4.07. The van der Waals surface area contributed by atoms with E-state index in [2.05, 4.69) is 5.32 Å². The molecule has 3 N–H and O–H groups in total. The van der Waals surface area contributed by atoms with Gasteiger partial charge in [-0.15, -0.1) is 0 Å². The number of esters is 1. The average molecular weight is 326 g/mol. The first-order valence-corrected chi connectivity index (χ1v) is 7.91. The Kier molecular flexibility index (Phi) is 5.95. The van der Waals surface area contributed by atoms with E-state index in [4.69, 9.17) is 10.5 Å². The molecule has 1 amide bonds. The topological polar surface area (TPSA) is 81.4 Å². The first-order valence-electron chi connectivity index (χ1n) is 7.91. The van der Waals surface area contributed by atoms with Crippen molar-refractivity contribution < 1.29 is 14.3 Å².